The van der Waals surface area contributed by atoms with Crippen LogP contribution in [0.3, 0.4) is 0 Å². The van der Waals surface area contributed by atoms with Crippen molar-refractivity contribution in [2.75, 3.05) is 0 Å². The fraction of sp³-hybridized carbons (Fsp3) is 0.455. The van der Waals surface area contributed by atoms with E-state index >= 15 is 0 Å². The van der Waals surface area contributed by atoms with Crippen LogP contribution in [-0.2, 0) is 0 Å². The summed E-state index contributed by atoms with van der Waals surface area (Å²) >= 11 is 0. The van der Waals surface area contributed by atoms with E-state index in [4.69, 9.17) is 0 Å². The van der Waals surface area contributed by atoms with E-state index in [0.717, 1.165) is 0 Å². The van der Waals surface area contributed by atoms with Gasteiger partial charge in [-0.05, 0) is 13.8 Å². The van der Waals surface area contributed by atoms with Gasteiger partial charge in [0.2, 0.25) is 0 Å². The number of allylic oxidation sites excluding steroid dienone is 5. The first-order valence-electron chi connectivity index (χ1n) is 3.73. The Hall–Kier alpha value is -0.780. The molecule has 11 heavy (non-hydrogen) atoms. The minimum absolute atomic E-state index is 0. The van der Waals surface area contributed by atoms with Crippen molar-refractivity contribution in [1.29, 1.82) is 0 Å². The summed E-state index contributed by atoms with van der Waals surface area (Å²) < 4.78 is 0. The summed E-state index contributed by atoms with van der Waals surface area (Å²) in [5.41, 5.74) is 1.20. The van der Waals surface area contributed by atoms with Gasteiger partial charge in [0.25, 0.3) is 0 Å². The predicted octanol–water partition coefficient (Wildman–Crippen LogP) is 4.36. The number of hydrogen-bond acceptors (Lipinski definition) is 0. The Kier molecular flexibility index (Phi) is 24.4. The third kappa shape index (κ3) is 17.6. The second-order valence-electron chi connectivity index (χ2n) is 1.64. The lowest BCUT2D eigenvalue weighted by Gasteiger charge is -1.81. The molecule has 0 aromatic heterocycles. The van der Waals surface area contributed by atoms with Crippen LogP contribution in [0.1, 0.15) is 35.1 Å². The normalized spacial score (nSPS) is 9.64. The lowest BCUT2D eigenvalue weighted by molar-refractivity contribution is 1.50. The summed E-state index contributed by atoms with van der Waals surface area (Å²) in [6.45, 7) is 11.6. The molecule has 0 heterocycles. The molecule has 0 radical (unpaired) electrons. The number of hydrogen-bond donors (Lipinski definition) is 0. The van der Waals surface area contributed by atoms with Crippen molar-refractivity contribution in [2.24, 2.45) is 0 Å². The van der Waals surface area contributed by atoms with Crippen LogP contribution in [0.4, 0.5) is 0 Å². The zero-order valence-corrected chi connectivity index (χ0v) is 7.52. The summed E-state index contributed by atoms with van der Waals surface area (Å²) in [7, 11) is 0. The monoisotopic (exact) mass is 154 g/mol. The molecular weight excluding hydrogens is 132 g/mol. The SMILES string of the molecule is C.C=C/C(C)=C\C=C/C.CC. The molecule has 0 saturated carbocycles. The van der Waals surface area contributed by atoms with Gasteiger partial charge in [0.1, 0.15) is 0 Å². The Bertz CT molecular complexity index is 116. The van der Waals surface area contributed by atoms with Crippen LogP contribution in [0, 0.1) is 0 Å². The first kappa shape index (κ1) is 16.7. The summed E-state index contributed by atoms with van der Waals surface area (Å²) in [6, 6.07) is 0. The first-order chi connectivity index (χ1) is 4.81. The highest BCUT2D eigenvalue weighted by Gasteiger charge is 1.70. The Morgan fingerprint density at radius 3 is 2.00 bits per heavy atom. The lowest BCUT2D eigenvalue weighted by atomic mass is 10.3. The van der Waals surface area contributed by atoms with Crippen molar-refractivity contribution < 1.29 is 0 Å². The van der Waals surface area contributed by atoms with Crippen molar-refractivity contribution in [3.05, 3.63) is 36.5 Å². The first-order valence-corrected chi connectivity index (χ1v) is 3.73. The van der Waals surface area contributed by atoms with Crippen molar-refractivity contribution in [3.8, 4) is 0 Å². The van der Waals surface area contributed by atoms with Crippen molar-refractivity contribution in [3.63, 3.8) is 0 Å². The van der Waals surface area contributed by atoms with Crippen LogP contribution in [-0.4, -0.2) is 0 Å². The average molecular weight is 154 g/mol. The van der Waals surface area contributed by atoms with Crippen LogP contribution in [0.5, 0.6) is 0 Å². The van der Waals surface area contributed by atoms with E-state index in [2.05, 4.69) is 6.58 Å². The molecule has 0 nitrogen and oxygen atoms in total. The maximum absolute atomic E-state index is 3.61. The largest absolute Gasteiger partial charge is 0.0988 e. The quantitative estimate of drug-likeness (QED) is 0.518. The van der Waals surface area contributed by atoms with Crippen LogP contribution in [0.2, 0.25) is 0 Å². The summed E-state index contributed by atoms with van der Waals surface area (Å²) in [4.78, 5) is 0. The second-order valence-corrected chi connectivity index (χ2v) is 1.64. The summed E-state index contributed by atoms with van der Waals surface area (Å²) in [6.07, 6.45) is 7.84. The van der Waals surface area contributed by atoms with Crippen LogP contribution in [0.25, 0.3) is 0 Å². The van der Waals surface area contributed by atoms with E-state index in [0.29, 0.717) is 0 Å². The fourth-order valence-corrected chi connectivity index (χ4v) is 0.316. The van der Waals surface area contributed by atoms with Crippen molar-refractivity contribution in [2.45, 2.75) is 35.1 Å². The molecule has 66 valence electrons. The predicted molar refractivity (Wildman–Crippen MR) is 56.8 cm³/mol. The molecule has 0 heteroatoms. The molecule has 0 N–H and O–H groups in total. The molecule has 0 aliphatic carbocycles. The molecule has 0 unspecified atom stereocenters. The molecule has 0 amide bonds. The van der Waals surface area contributed by atoms with E-state index in [1.54, 1.807) is 0 Å². The third-order valence-electron chi connectivity index (χ3n) is 0.874. The molecule has 0 rings (SSSR count). The molecule has 0 bridgehead atoms. The van der Waals surface area contributed by atoms with E-state index in [1.165, 1.54) is 5.57 Å². The van der Waals surface area contributed by atoms with Crippen molar-refractivity contribution in [1.82, 2.24) is 0 Å². The fourth-order valence-electron chi connectivity index (χ4n) is 0.316. The second kappa shape index (κ2) is 16.1. The maximum Gasteiger partial charge on any atom is -0.0398 e. The molecule has 0 spiro atoms. The zero-order chi connectivity index (χ0) is 8.41. The smallest absolute Gasteiger partial charge is 0.0398 e. The lowest BCUT2D eigenvalue weighted by Crippen LogP contribution is -1.60. The van der Waals surface area contributed by atoms with Gasteiger partial charge in [-0.1, -0.05) is 57.7 Å². The summed E-state index contributed by atoms with van der Waals surface area (Å²) in [5, 5.41) is 0. The topological polar surface area (TPSA) is 0 Å². The van der Waals surface area contributed by atoms with Gasteiger partial charge in [0.05, 0.1) is 0 Å². The zero-order valence-electron chi connectivity index (χ0n) is 7.52. The highest BCUT2D eigenvalue weighted by atomic mass is 13.8. The van der Waals surface area contributed by atoms with Gasteiger partial charge in [-0.3, -0.25) is 0 Å². The van der Waals surface area contributed by atoms with Crippen LogP contribution >= 0.6 is 0 Å². The van der Waals surface area contributed by atoms with Crippen LogP contribution < -0.4 is 0 Å². The van der Waals surface area contributed by atoms with Gasteiger partial charge in [0.15, 0.2) is 0 Å². The molecule has 0 aliphatic rings. The molecule has 0 saturated heterocycles. The molecule has 0 atom stereocenters. The Morgan fingerprint density at radius 2 is 1.73 bits per heavy atom. The van der Waals surface area contributed by atoms with Gasteiger partial charge in [0, 0.05) is 0 Å². The van der Waals surface area contributed by atoms with Gasteiger partial charge >= 0.3 is 0 Å². The minimum Gasteiger partial charge on any atom is -0.0988 e. The standard InChI is InChI=1S/C8H12.C2H6.CH4/c1-4-6-7-8(3)5-2;1-2;/h4-7H,2H2,1,3H3;1-2H3;1H4/b6-4-,8-7-;;. The highest BCUT2D eigenvalue weighted by Crippen LogP contribution is 1.91. The molecule has 0 fully saturated rings. The van der Waals surface area contributed by atoms with Gasteiger partial charge in [-0.2, -0.15) is 0 Å². The Balaban J connectivity index is -0.000000196. The third-order valence-corrected chi connectivity index (χ3v) is 0.874. The number of rotatable bonds is 2. The summed E-state index contributed by atoms with van der Waals surface area (Å²) in [5.74, 6) is 0. The van der Waals surface area contributed by atoms with E-state index in [-0.39, 0.29) is 7.43 Å². The highest BCUT2D eigenvalue weighted by molar-refractivity contribution is 5.18. The van der Waals surface area contributed by atoms with Gasteiger partial charge in [-0.15, -0.1) is 0 Å². The Labute approximate surface area is 72.3 Å². The molecule has 0 aromatic rings. The van der Waals surface area contributed by atoms with Crippen molar-refractivity contribution >= 4 is 0 Å². The van der Waals surface area contributed by atoms with Gasteiger partial charge < -0.3 is 0 Å². The van der Waals surface area contributed by atoms with E-state index < -0.39 is 0 Å². The molecular formula is C11H22. The Morgan fingerprint density at radius 1 is 1.27 bits per heavy atom. The van der Waals surface area contributed by atoms with E-state index in [1.807, 2.05) is 52.0 Å². The maximum atomic E-state index is 3.61. The van der Waals surface area contributed by atoms with Crippen LogP contribution in [0.15, 0.2) is 36.5 Å². The minimum atomic E-state index is 0. The molecule has 0 aliphatic heterocycles. The average Bonchev–Trinajstić information content (AvgIpc) is 2.04. The van der Waals surface area contributed by atoms with E-state index in [9.17, 15) is 0 Å². The molecule has 0 aromatic carbocycles. The van der Waals surface area contributed by atoms with Gasteiger partial charge in [-0.25, -0.2) is 0 Å².